The van der Waals surface area contributed by atoms with Crippen molar-refractivity contribution in [3.63, 3.8) is 0 Å². The fourth-order valence-electron chi connectivity index (χ4n) is 4.21. The molecule has 1 N–H and O–H groups in total. The lowest BCUT2D eigenvalue weighted by Crippen LogP contribution is -2.45. The smallest absolute Gasteiger partial charge is 0.0939 e. The van der Waals surface area contributed by atoms with Gasteiger partial charge in [0, 0.05) is 19.6 Å². The molecule has 5 atom stereocenters. The number of aliphatic hydroxyl groups is 1. The van der Waals surface area contributed by atoms with Gasteiger partial charge < -0.3 is 14.6 Å². The van der Waals surface area contributed by atoms with Crippen LogP contribution in [0, 0.1) is 17.8 Å². The topological polar surface area (TPSA) is 38.7 Å². The van der Waals surface area contributed by atoms with E-state index in [-0.39, 0.29) is 11.7 Å². The Bertz CT molecular complexity index is 285. The summed E-state index contributed by atoms with van der Waals surface area (Å²) in [6.07, 6.45) is 6.56. The summed E-state index contributed by atoms with van der Waals surface area (Å²) in [6.45, 7) is 4.79. The minimum atomic E-state index is -0.0799. The number of hydrogen-bond acceptors (Lipinski definition) is 3. The van der Waals surface area contributed by atoms with E-state index in [0.717, 1.165) is 51.4 Å². The second kappa shape index (κ2) is 5.10. The molecule has 2 heterocycles. The molecule has 2 aliphatic heterocycles. The van der Waals surface area contributed by atoms with Crippen molar-refractivity contribution in [2.45, 2.75) is 57.2 Å². The Kier molecular flexibility index (Phi) is 3.65. The highest BCUT2D eigenvalue weighted by atomic mass is 16.6. The molecule has 3 nitrogen and oxygen atoms in total. The number of aliphatic hydroxyl groups excluding tert-OH is 1. The summed E-state index contributed by atoms with van der Waals surface area (Å²) in [6, 6.07) is 0. The summed E-state index contributed by atoms with van der Waals surface area (Å²) >= 11 is 0. The van der Waals surface area contributed by atoms with Crippen LogP contribution in [-0.2, 0) is 9.47 Å². The molecule has 1 aliphatic carbocycles. The van der Waals surface area contributed by atoms with Gasteiger partial charge in [-0.15, -0.1) is 0 Å². The molecule has 3 fully saturated rings. The van der Waals surface area contributed by atoms with Crippen molar-refractivity contribution in [1.82, 2.24) is 0 Å². The first-order valence-corrected chi connectivity index (χ1v) is 7.58. The maximum absolute atomic E-state index is 10.3. The van der Waals surface area contributed by atoms with Crippen LogP contribution in [0.4, 0.5) is 0 Å². The molecular formula is C15H26O3. The van der Waals surface area contributed by atoms with Crippen molar-refractivity contribution in [3.05, 3.63) is 0 Å². The van der Waals surface area contributed by atoms with E-state index >= 15 is 0 Å². The third-order valence-corrected chi connectivity index (χ3v) is 5.33. The molecule has 0 bridgehead atoms. The van der Waals surface area contributed by atoms with Gasteiger partial charge in [0.05, 0.1) is 18.3 Å². The van der Waals surface area contributed by atoms with Gasteiger partial charge in [0.15, 0.2) is 0 Å². The van der Waals surface area contributed by atoms with E-state index in [1.807, 2.05) is 0 Å². The minimum absolute atomic E-state index is 0.0106. The normalized spacial score (nSPS) is 49.7. The summed E-state index contributed by atoms with van der Waals surface area (Å²) in [4.78, 5) is 0. The molecular weight excluding hydrogens is 228 g/mol. The van der Waals surface area contributed by atoms with Crippen molar-refractivity contribution >= 4 is 0 Å². The van der Waals surface area contributed by atoms with E-state index < -0.39 is 0 Å². The van der Waals surface area contributed by atoms with E-state index in [9.17, 15) is 5.11 Å². The average molecular weight is 254 g/mol. The highest BCUT2D eigenvalue weighted by molar-refractivity contribution is 4.94. The van der Waals surface area contributed by atoms with Gasteiger partial charge in [-0.05, 0) is 49.9 Å². The molecule has 1 spiro atoms. The van der Waals surface area contributed by atoms with Gasteiger partial charge in [-0.1, -0.05) is 6.92 Å². The van der Waals surface area contributed by atoms with Crippen LogP contribution in [0.5, 0.6) is 0 Å². The Balaban J connectivity index is 1.67. The van der Waals surface area contributed by atoms with Crippen LogP contribution in [0.3, 0.4) is 0 Å². The molecule has 5 unspecified atom stereocenters. The van der Waals surface area contributed by atoms with Crippen molar-refractivity contribution in [2.24, 2.45) is 17.8 Å². The molecule has 18 heavy (non-hydrogen) atoms. The van der Waals surface area contributed by atoms with Gasteiger partial charge in [0.1, 0.15) is 0 Å². The molecule has 0 radical (unpaired) electrons. The monoisotopic (exact) mass is 254 g/mol. The number of hydrogen-bond donors (Lipinski definition) is 1. The Hall–Kier alpha value is -0.120. The zero-order chi connectivity index (χ0) is 12.6. The van der Waals surface area contributed by atoms with Gasteiger partial charge in [-0.3, -0.25) is 0 Å². The maximum atomic E-state index is 10.3. The van der Waals surface area contributed by atoms with Gasteiger partial charge in [0.25, 0.3) is 0 Å². The van der Waals surface area contributed by atoms with Crippen LogP contribution in [0.1, 0.15) is 45.4 Å². The second-order valence-electron chi connectivity index (χ2n) is 6.74. The van der Waals surface area contributed by atoms with Gasteiger partial charge in [0.2, 0.25) is 0 Å². The first kappa shape index (κ1) is 12.9. The van der Waals surface area contributed by atoms with E-state index in [4.69, 9.17) is 9.47 Å². The first-order valence-electron chi connectivity index (χ1n) is 7.58. The van der Waals surface area contributed by atoms with Crippen molar-refractivity contribution in [2.75, 3.05) is 19.8 Å². The molecule has 3 heteroatoms. The number of rotatable bonds is 1. The average Bonchev–Trinajstić information content (AvgIpc) is 2.80. The van der Waals surface area contributed by atoms with Crippen molar-refractivity contribution < 1.29 is 14.6 Å². The SMILES string of the molecule is CC1CCC(O)C(C2CCOC3(CCOC3)C2)C1. The van der Waals surface area contributed by atoms with Crippen LogP contribution < -0.4 is 0 Å². The predicted molar refractivity (Wildman–Crippen MR) is 69.4 cm³/mol. The van der Waals surface area contributed by atoms with Crippen LogP contribution in [0.15, 0.2) is 0 Å². The van der Waals surface area contributed by atoms with Gasteiger partial charge in [-0.25, -0.2) is 0 Å². The van der Waals surface area contributed by atoms with Crippen LogP contribution in [0.25, 0.3) is 0 Å². The van der Waals surface area contributed by atoms with Gasteiger partial charge >= 0.3 is 0 Å². The van der Waals surface area contributed by atoms with E-state index in [0.29, 0.717) is 11.8 Å². The molecule has 2 saturated heterocycles. The zero-order valence-corrected chi connectivity index (χ0v) is 11.4. The zero-order valence-electron chi connectivity index (χ0n) is 11.4. The molecule has 0 aromatic carbocycles. The lowest BCUT2D eigenvalue weighted by Gasteiger charge is -2.44. The first-order chi connectivity index (χ1) is 8.69. The van der Waals surface area contributed by atoms with Crippen LogP contribution in [-0.4, -0.2) is 36.6 Å². The fourth-order valence-corrected chi connectivity index (χ4v) is 4.21. The molecule has 3 aliphatic rings. The third-order valence-electron chi connectivity index (χ3n) is 5.33. The van der Waals surface area contributed by atoms with Gasteiger partial charge in [-0.2, -0.15) is 0 Å². The summed E-state index contributed by atoms with van der Waals surface area (Å²) in [5.41, 5.74) is -0.0106. The molecule has 104 valence electrons. The van der Waals surface area contributed by atoms with E-state index in [1.165, 1.54) is 12.8 Å². The maximum Gasteiger partial charge on any atom is 0.0939 e. The van der Waals surface area contributed by atoms with Crippen LogP contribution in [0.2, 0.25) is 0 Å². The Morgan fingerprint density at radius 2 is 2.06 bits per heavy atom. The minimum Gasteiger partial charge on any atom is -0.393 e. The molecule has 3 rings (SSSR count). The standard InChI is InChI=1S/C15H26O3/c1-11-2-3-14(16)13(8-11)12-4-6-18-15(9-12)5-7-17-10-15/h11-14,16H,2-10H2,1H3. The summed E-state index contributed by atoms with van der Waals surface area (Å²) < 4.78 is 11.5. The highest BCUT2D eigenvalue weighted by Gasteiger charge is 2.45. The molecule has 0 aromatic heterocycles. The predicted octanol–water partition coefficient (Wildman–Crippen LogP) is 2.37. The third kappa shape index (κ3) is 2.45. The van der Waals surface area contributed by atoms with Crippen LogP contribution >= 0.6 is 0 Å². The quantitative estimate of drug-likeness (QED) is 0.781. The Morgan fingerprint density at radius 3 is 2.83 bits per heavy atom. The largest absolute Gasteiger partial charge is 0.393 e. The summed E-state index contributed by atoms with van der Waals surface area (Å²) in [5.74, 6) is 1.91. The second-order valence-corrected chi connectivity index (χ2v) is 6.74. The fraction of sp³-hybridized carbons (Fsp3) is 1.00. The Morgan fingerprint density at radius 1 is 1.17 bits per heavy atom. The summed E-state index contributed by atoms with van der Waals surface area (Å²) in [7, 11) is 0. The Labute approximate surface area is 110 Å². The summed E-state index contributed by atoms with van der Waals surface area (Å²) in [5, 5.41) is 10.3. The number of ether oxygens (including phenoxy) is 2. The van der Waals surface area contributed by atoms with E-state index in [2.05, 4.69) is 6.92 Å². The molecule has 1 saturated carbocycles. The van der Waals surface area contributed by atoms with Crippen molar-refractivity contribution in [1.29, 1.82) is 0 Å². The highest BCUT2D eigenvalue weighted by Crippen LogP contribution is 2.44. The molecule has 0 aromatic rings. The molecule has 0 amide bonds. The lowest BCUT2D eigenvalue weighted by atomic mass is 9.69. The lowest BCUT2D eigenvalue weighted by molar-refractivity contribution is -0.121. The van der Waals surface area contributed by atoms with E-state index in [1.54, 1.807) is 0 Å². The van der Waals surface area contributed by atoms with Crippen molar-refractivity contribution in [3.8, 4) is 0 Å².